The van der Waals surface area contributed by atoms with Gasteiger partial charge in [0, 0.05) is 6.42 Å². The van der Waals surface area contributed by atoms with Gasteiger partial charge >= 0.3 is 5.97 Å². The number of aliphatic carboxylic acids is 1. The predicted octanol–water partition coefficient (Wildman–Crippen LogP) is 4.48. The number of carboxylic acid groups (broad SMARTS) is 1. The third kappa shape index (κ3) is 3.05. The number of carbonyl (C=O) groups is 1. The van der Waals surface area contributed by atoms with E-state index in [1.54, 1.807) is 0 Å². The number of aliphatic hydroxyl groups excluding tert-OH is 2. The monoisotopic (exact) mass is 392 g/mol. The third-order valence-corrected chi connectivity index (χ3v) is 10.3. The average Bonchev–Trinajstić information content (AvgIpc) is 3.00. The highest BCUT2D eigenvalue weighted by Crippen LogP contribution is 2.68. The molecule has 0 aromatic rings. The Balaban J connectivity index is 1.56. The smallest absolute Gasteiger partial charge is 0.303 e. The second kappa shape index (κ2) is 7.27. The van der Waals surface area contributed by atoms with Crippen molar-refractivity contribution >= 4 is 5.97 Å². The molecule has 4 rings (SSSR count). The number of hydrogen-bond donors (Lipinski definition) is 3. The lowest BCUT2D eigenvalue weighted by Crippen LogP contribution is -2.58. The van der Waals surface area contributed by atoms with Crippen LogP contribution in [0.4, 0.5) is 0 Å². The first-order valence-corrected chi connectivity index (χ1v) is 11.8. The van der Waals surface area contributed by atoms with Crippen molar-refractivity contribution in [2.75, 3.05) is 0 Å². The van der Waals surface area contributed by atoms with E-state index in [4.69, 9.17) is 5.11 Å². The van der Waals surface area contributed by atoms with Gasteiger partial charge < -0.3 is 15.3 Å². The molecule has 0 unspecified atom stereocenters. The number of fused-ring (bicyclic) bond motifs is 5. The Kier molecular flexibility index (Phi) is 5.36. The molecule has 160 valence electrons. The first kappa shape index (κ1) is 20.7. The maximum atomic E-state index is 11.5. The van der Waals surface area contributed by atoms with Crippen LogP contribution in [0.1, 0.15) is 85.0 Å². The summed E-state index contributed by atoms with van der Waals surface area (Å²) in [6.07, 6.45) is 9.26. The van der Waals surface area contributed by atoms with E-state index in [1.165, 1.54) is 19.3 Å². The molecule has 0 amide bonds. The summed E-state index contributed by atoms with van der Waals surface area (Å²) in [5.74, 6) is 2.55. The van der Waals surface area contributed by atoms with Crippen molar-refractivity contribution in [3.63, 3.8) is 0 Å². The standard InChI is InChI=1S/C24H40O4/c1-14(4-9-22(27)28)18-7-8-19-17-6-5-15-12-16(25)10-11-23(15,2)20(17)13-21(26)24(18,19)3/h14-21,25-26H,4-13H2,1-3H3,(H,27,28)/t14-,15-,16-,17+,18-,19+,20+,21+,23-,24-/m1/s1. The molecule has 0 heterocycles. The summed E-state index contributed by atoms with van der Waals surface area (Å²) in [5, 5.41) is 30.8. The molecule has 0 saturated heterocycles. The van der Waals surface area contributed by atoms with Gasteiger partial charge in [0.2, 0.25) is 0 Å². The molecule has 10 atom stereocenters. The quantitative estimate of drug-likeness (QED) is 0.659. The van der Waals surface area contributed by atoms with Crippen LogP contribution in [0.2, 0.25) is 0 Å². The third-order valence-electron chi connectivity index (χ3n) is 10.3. The topological polar surface area (TPSA) is 77.8 Å². The van der Waals surface area contributed by atoms with E-state index in [-0.39, 0.29) is 29.5 Å². The van der Waals surface area contributed by atoms with Crippen LogP contribution in [0.15, 0.2) is 0 Å². The fraction of sp³-hybridized carbons (Fsp3) is 0.958. The van der Waals surface area contributed by atoms with E-state index < -0.39 is 5.97 Å². The molecule has 4 saturated carbocycles. The maximum Gasteiger partial charge on any atom is 0.303 e. The van der Waals surface area contributed by atoms with Gasteiger partial charge in [-0.2, -0.15) is 0 Å². The summed E-state index contributed by atoms with van der Waals surface area (Å²) in [5.41, 5.74) is 0.216. The van der Waals surface area contributed by atoms with Crippen molar-refractivity contribution in [3.05, 3.63) is 0 Å². The van der Waals surface area contributed by atoms with E-state index >= 15 is 0 Å². The van der Waals surface area contributed by atoms with Crippen molar-refractivity contribution in [1.29, 1.82) is 0 Å². The minimum atomic E-state index is -0.707. The zero-order valence-corrected chi connectivity index (χ0v) is 17.9. The molecule has 4 nitrogen and oxygen atoms in total. The lowest BCUT2D eigenvalue weighted by atomic mass is 9.43. The maximum absolute atomic E-state index is 11.5. The minimum Gasteiger partial charge on any atom is -0.481 e. The average molecular weight is 393 g/mol. The fourth-order valence-electron chi connectivity index (χ4n) is 8.71. The molecule has 0 aliphatic heterocycles. The van der Waals surface area contributed by atoms with Gasteiger partial charge in [0.05, 0.1) is 12.2 Å². The molecule has 0 spiro atoms. The molecule has 0 radical (unpaired) electrons. The zero-order valence-electron chi connectivity index (χ0n) is 17.9. The minimum absolute atomic E-state index is 0.0591. The zero-order chi connectivity index (χ0) is 20.3. The Morgan fingerprint density at radius 2 is 1.79 bits per heavy atom. The summed E-state index contributed by atoms with van der Waals surface area (Å²) in [7, 11) is 0. The van der Waals surface area contributed by atoms with E-state index in [9.17, 15) is 15.0 Å². The number of aliphatic hydroxyl groups is 2. The van der Waals surface area contributed by atoms with Crippen molar-refractivity contribution in [3.8, 4) is 0 Å². The van der Waals surface area contributed by atoms with Gasteiger partial charge in [-0.05, 0) is 104 Å². The molecule has 4 heteroatoms. The number of rotatable bonds is 4. The Hall–Kier alpha value is -0.610. The summed E-state index contributed by atoms with van der Waals surface area (Å²) in [4.78, 5) is 11.1. The van der Waals surface area contributed by atoms with Crippen molar-refractivity contribution in [2.24, 2.45) is 46.3 Å². The van der Waals surface area contributed by atoms with Gasteiger partial charge in [0.15, 0.2) is 0 Å². The van der Waals surface area contributed by atoms with Crippen LogP contribution in [0.5, 0.6) is 0 Å². The molecule has 0 bridgehead atoms. The molecule has 4 aliphatic rings. The van der Waals surface area contributed by atoms with Crippen molar-refractivity contribution in [1.82, 2.24) is 0 Å². The molecule has 4 aliphatic carbocycles. The van der Waals surface area contributed by atoms with Gasteiger partial charge in [0.1, 0.15) is 0 Å². The van der Waals surface area contributed by atoms with E-state index in [2.05, 4.69) is 20.8 Å². The number of hydrogen-bond acceptors (Lipinski definition) is 3. The van der Waals surface area contributed by atoms with Crippen LogP contribution in [0.3, 0.4) is 0 Å². The van der Waals surface area contributed by atoms with E-state index in [0.717, 1.165) is 38.5 Å². The van der Waals surface area contributed by atoms with E-state index in [0.29, 0.717) is 35.5 Å². The molecular formula is C24H40O4. The van der Waals surface area contributed by atoms with Gasteiger partial charge in [-0.25, -0.2) is 0 Å². The first-order chi connectivity index (χ1) is 13.2. The van der Waals surface area contributed by atoms with Crippen LogP contribution in [0.25, 0.3) is 0 Å². The molecule has 0 aromatic carbocycles. The van der Waals surface area contributed by atoms with Crippen molar-refractivity contribution in [2.45, 2.75) is 97.2 Å². The van der Waals surface area contributed by atoms with Gasteiger partial charge in [-0.1, -0.05) is 20.8 Å². The van der Waals surface area contributed by atoms with Crippen molar-refractivity contribution < 1.29 is 20.1 Å². The highest BCUT2D eigenvalue weighted by atomic mass is 16.4. The normalized spacial score (nSPS) is 51.7. The second-order valence-corrected chi connectivity index (χ2v) is 11.3. The second-order valence-electron chi connectivity index (χ2n) is 11.3. The predicted molar refractivity (Wildman–Crippen MR) is 109 cm³/mol. The van der Waals surface area contributed by atoms with Gasteiger partial charge in [-0.15, -0.1) is 0 Å². The van der Waals surface area contributed by atoms with Gasteiger partial charge in [-0.3, -0.25) is 4.79 Å². The number of carboxylic acids is 1. The lowest BCUT2D eigenvalue weighted by Gasteiger charge is -2.62. The molecule has 3 N–H and O–H groups in total. The van der Waals surface area contributed by atoms with Crippen LogP contribution >= 0.6 is 0 Å². The highest BCUT2D eigenvalue weighted by molar-refractivity contribution is 5.66. The highest BCUT2D eigenvalue weighted by Gasteiger charge is 2.63. The van der Waals surface area contributed by atoms with E-state index in [1.807, 2.05) is 0 Å². The molecule has 28 heavy (non-hydrogen) atoms. The molecule has 4 fully saturated rings. The summed E-state index contributed by atoms with van der Waals surface area (Å²) >= 11 is 0. The van der Waals surface area contributed by atoms with Crippen LogP contribution < -0.4 is 0 Å². The molecular weight excluding hydrogens is 352 g/mol. The first-order valence-electron chi connectivity index (χ1n) is 11.8. The lowest BCUT2D eigenvalue weighted by molar-refractivity contribution is -0.175. The largest absolute Gasteiger partial charge is 0.481 e. The van der Waals surface area contributed by atoms with Gasteiger partial charge in [0.25, 0.3) is 0 Å². The Labute approximate surface area is 170 Å². The van der Waals surface area contributed by atoms with Crippen LogP contribution in [-0.4, -0.2) is 33.5 Å². The summed E-state index contributed by atoms with van der Waals surface area (Å²) in [6, 6.07) is 0. The summed E-state index contributed by atoms with van der Waals surface area (Å²) < 4.78 is 0. The van der Waals surface area contributed by atoms with Crippen LogP contribution in [-0.2, 0) is 4.79 Å². The Morgan fingerprint density at radius 1 is 1.04 bits per heavy atom. The Morgan fingerprint density at radius 3 is 2.50 bits per heavy atom. The molecule has 0 aromatic heterocycles. The fourth-order valence-corrected chi connectivity index (χ4v) is 8.71. The van der Waals surface area contributed by atoms with Crippen LogP contribution in [0, 0.1) is 46.3 Å². The SMILES string of the molecule is C[C@H](CCC(=O)O)[C@H]1CC[C@H]2[C@@H]3CC[C@@H]4C[C@H](O)CC[C@@]4(C)[C@H]3C[C@H](O)[C@]12C. The summed E-state index contributed by atoms with van der Waals surface area (Å²) in [6.45, 7) is 6.99. The Bertz CT molecular complexity index is 605.